The molecular formula is C45H32N2O. The highest BCUT2D eigenvalue weighted by atomic mass is 16.3. The summed E-state index contributed by atoms with van der Waals surface area (Å²) in [5.41, 5.74) is 13.6. The van der Waals surface area contributed by atoms with Gasteiger partial charge in [0.25, 0.3) is 0 Å². The number of anilines is 3. The van der Waals surface area contributed by atoms with E-state index < -0.39 is 0 Å². The molecule has 1 aliphatic rings. The Morgan fingerprint density at radius 1 is 0.521 bits per heavy atom. The number of rotatable bonds is 4. The summed E-state index contributed by atoms with van der Waals surface area (Å²) >= 11 is 0. The van der Waals surface area contributed by atoms with Gasteiger partial charge in [-0.1, -0.05) is 117 Å². The highest BCUT2D eigenvalue weighted by Crippen LogP contribution is 2.52. The van der Waals surface area contributed by atoms with E-state index in [1.54, 1.807) is 0 Å². The van der Waals surface area contributed by atoms with Crippen molar-refractivity contribution in [1.82, 2.24) is 4.57 Å². The Morgan fingerprint density at radius 3 is 2.02 bits per heavy atom. The lowest BCUT2D eigenvalue weighted by molar-refractivity contribution is 0.660. The van der Waals surface area contributed by atoms with Crippen molar-refractivity contribution in [3.8, 4) is 16.8 Å². The van der Waals surface area contributed by atoms with Gasteiger partial charge in [0, 0.05) is 44.0 Å². The molecule has 0 saturated carbocycles. The van der Waals surface area contributed by atoms with Crippen molar-refractivity contribution < 1.29 is 4.42 Å². The van der Waals surface area contributed by atoms with Crippen molar-refractivity contribution in [3.05, 3.63) is 169 Å². The van der Waals surface area contributed by atoms with Crippen LogP contribution in [0.2, 0.25) is 0 Å². The summed E-state index contributed by atoms with van der Waals surface area (Å²) in [7, 11) is 0. The Kier molecular flexibility index (Phi) is 5.63. The fraction of sp³-hybridized carbons (Fsp3) is 0.0667. The molecule has 0 radical (unpaired) electrons. The highest BCUT2D eigenvalue weighted by Gasteiger charge is 2.36. The Balaban J connectivity index is 1.35. The van der Waals surface area contributed by atoms with Crippen LogP contribution in [0.15, 0.2) is 162 Å². The summed E-state index contributed by atoms with van der Waals surface area (Å²) in [5.74, 6) is 0. The predicted octanol–water partition coefficient (Wildman–Crippen LogP) is 12.5. The van der Waals surface area contributed by atoms with Crippen LogP contribution < -0.4 is 4.90 Å². The van der Waals surface area contributed by atoms with E-state index in [4.69, 9.17) is 4.42 Å². The van der Waals surface area contributed by atoms with Crippen molar-refractivity contribution in [1.29, 1.82) is 0 Å². The topological polar surface area (TPSA) is 21.3 Å². The fourth-order valence-corrected chi connectivity index (χ4v) is 8.19. The van der Waals surface area contributed by atoms with Gasteiger partial charge < -0.3 is 13.9 Å². The third kappa shape index (κ3) is 3.70. The molecule has 0 unspecified atom stereocenters. The first-order valence-electron chi connectivity index (χ1n) is 16.6. The first kappa shape index (κ1) is 27.1. The molecule has 7 aromatic carbocycles. The van der Waals surface area contributed by atoms with Crippen LogP contribution in [0.25, 0.3) is 60.6 Å². The molecule has 48 heavy (non-hydrogen) atoms. The van der Waals surface area contributed by atoms with Gasteiger partial charge in [0.05, 0.1) is 16.7 Å². The maximum absolute atomic E-state index is 6.91. The standard InChI is InChI=1S/C45H32N2O/c1-45(2)36-22-12-9-19-32(36)33-26-25-31(27-37(33)45)46(29-15-5-3-6-16-29)40-28-39-42(43-35-21-11-14-24-41(35)48-44(40)43)34-20-10-13-23-38(34)47(39)30-17-7-4-8-18-30/h3-28H,1-2H3. The molecule has 228 valence electrons. The Bertz CT molecular complexity index is 2700. The zero-order valence-electron chi connectivity index (χ0n) is 26.8. The molecule has 1 aliphatic carbocycles. The maximum Gasteiger partial charge on any atom is 0.160 e. The van der Waals surface area contributed by atoms with E-state index in [9.17, 15) is 0 Å². The summed E-state index contributed by atoms with van der Waals surface area (Å²) in [4.78, 5) is 2.39. The molecule has 0 fully saturated rings. The molecular weight excluding hydrogens is 585 g/mol. The molecule has 0 amide bonds. The molecule has 2 aromatic heterocycles. The average Bonchev–Trinajstić information content (AvgIpc) is 3.75. The number of para-hydroxylation sites is 4. The lowest BCUT2D eigenvalue weighted by Crippen LogP contribution is -2.16. The largest absolute Gasteiger partial charge is 0.454 e. The van der Waals surface area contributed by atoms with Gasteiger partial charge in [0.2, 0.25) is 0 Å². The Morgan fingerprint density at radius 2 is 1.19 bits per heavy atom. The van der Waals surface area contributed by atoms with Crippen LogP contribution in [0.3, 0.4) is 0 Å². The number of benzene rings is 7. The second-order valence-electron chi connectivity index (χ2n) is 13.4. The number of hydrogen-bond donors (Lipinski definition) is 0. The quantitative estimate of drug-likeness (QED) is 0.196. The highest BCUT2D eigenvalue weighted by molar-refractivity contribution is 6.30. The second-order valence-corrected chi connectivity index (χ2v) is 13.4. The summed E-state index contributed by atoms with van der Waals surface area (Å²) in [6.45, 7) is 4.69. The van der Waals surface area contributed by atoms with Crippen LogP contribution in [-0.2, 0) is 5.41 Å². The molecule has 0 bridgehead atoms. The van der Waals surface area contributed by atoms with E-state index >= 15 is 0 Å². The van der Waals surface area contributed by atoms with E-state index in [1.165, 1.54) is 38.5 Å². The lowest BCUT2D eigenvalue weighted by Gasteiger charge is -2.28. The minimum absolute atomic E-state index is 0.122. The summed E-state index contributed by atoms with van der Waals surface area (Å²) in [6.07, 6.45) is 0. The Hall–Kier alpha value is -6.06. The lowest BCUT2D eigenvalue weighted by atomic mass is 9.82. The molecule has 3 heteroatoms. The van der Waals surface area contributed by atoms with Crippen LogP contribution in [0.4, 0.5) is 17.1 Å². The molecule has 2 heterocycles. The van der Waals surface area contributed by atoms with Crippen molar-refractivity contribution in [2.45, 2.75) is 19.3 Å². The predicted molar refractivity (Wildman–Crippen MR) is 200 cm³/mol. The number of hydrogen-bond acceptors (Lipinski definition) is 2. The number of fused-ring (bicyclic) bond motifs is 10. The van der Waals surface area contributed by atoms with Crippen LogP contribution in [0.5, 0.6) is 0 Å². The molecule has 0 saturated heterocycles. The molecule has 10 rings (SSSR count). The van der Waals surface area contributed by atoms with Gasteiger partial charge in [-0.05, 0) is 76.9 Å². The fourth-order valence-electron chi connectivity index (χ4n) is 8.19. The molecule has 0 aliphatic heterocycles. The third-order valence-electron chi connectivity index (χ3n) is 10.4. The molecule has 3 nitrogen and oxygen atoms in total. The summed E-state index contributed by atoms with van der Waals surface area (Å²) in [5, 5.41) is 4.67. The molecule has 0 N–H and O–H groups in total. The van der Waals surface area contributed by atoms with Crippen molar-refractivity contribution >= 4 is 60.8 Å². The second kappa shape index (κ2) is 9.97. The van der Waals surface area contributed by atoms with Crippen LogP contribution >= 0.6 is 0 Å². The van der Waals surface area contributed by atoms with Gasteiger partial charge in [-0.25, -0.2) is 0 Å². The van der Waals surface area contributed by atoms with Gasteiger partial charge in [-0.2, -0.15) is 0 Å². The first-order chi connectivity index (χ1) is 23.6. The first-order valence-corrected chi connectivity index (χ1v) is 16.6. The maximum atomic E-state index is 6.91. The Labute approximate surface area is 278 Å². The monoisotopic (exact) mass is 616 g/mol. The molecule has 0 spiro atoms. The minimum Gasteiger partial charge on any atom is -0.454 e. The molecule has 0 atom stereocenters. The number of aromatic nitrogens is 1. The van der Waals surface area contributed by atoms with E-state index in [1.807, 2.05) is 0 Å². The number of nitrogens with zero attached hydrogens (tertiary/aromatic N) is 2. The zero-order chi connectivity index (χ0) is 32.0. The normalized spacial score (nSPS) is 13.4. The van der Waals surface area contributed by atoms with E-state index in [-0.39, 0.29) is 5.41 Å². The van der Waals surface area contributed by atoms with Gasteiger partial charge in [0.15, 0.2) is 5.58 Å². The van der Waals surface area contributed by atoms with Crippen molar-refractivity contribution in [2.75, 3.05) is 4.90 Å². The van der Waals surface area contributed by atoms with Crippen LogP contribution in [-0.4, -0.2) is 4.57 Å². The summed E-state index contributed by atoms with van der Waals surface area (Å²) in [6, 6.07) is 56.7. The van der Waals surface area contributed by atoms with Gasteiger partial charge in [-0.3, -0.25) is 0 Å². The molecule has 9 aromatic rings. The average molecular weight is 617 g/mol. The van der Waals surface area contributed by atoms with Gasteiger partial charge >= 0.3 is 0 Å². The third-order valence-corrected chi connectivity index (χ3v) is 10.4. The van der Waals surface area contributed by atoms with Gasteiger partial charge in [0.1, 0.15) is 5.58 Å². The zero-order valence-corrected chi connectivity index (χ0v) is 26.8. The van der Waals surface area contributed by atoms with E-state index in [0.29, 0.717) is 0 Å². The van der Waals surface area contributed by atoms with Gasteiger partial charge in [-0.15, -0.1) is 0 Å². The minimum atomic E-state index is -0.122. The smallest absolute Gasteiger partial charge is 0.160 e. The van der Waals surface area contributed by atoms with Crippen LogP contribution in [0.1, 0.15) is 25.0 Å². The summed E-state index contributed by atoms with van der Waals surface area (Å²) < 4.78 is 9.32. The van der Waals surface area contributed by atoms with Crippen molar-refractivity contribution in [2.24, 2.45) is 0 Å². The van der Waals surface area contributed by atoms with E-state index in [2.05, 4.69) is 181 Å². The van der Waals surface area contributed by atoms with Crippen molar-refractivity contribution in [3.63, 3.8) is 0 Å². The SMILES string of the molecule is CC1(C)c2ccccc2-c2ccc(N(c3ccccc3)c3cc4c(c5ccccc5n4-c4ccccc4)c4c3oc3ccccc34)cc21. The van der Waals surface area contributed by atoms with E-state index in [0.717, 1.165) is 50.2 Å². The number of furan rings is 1. The van der Waals surface area contributed by atoms with Crippen LogP contribution in [0, 0.1) is 0 Å².